The molecule has 34 heavy (non-hydrogen) atoms. The Bertz CT molecular complexity index is 1580. The van der Waals surface area contributed by atoms with Gasteiger partial charge in [0.05, 0.1) is 17.8 Å². The number of benzene rings is 2. The Labute approximate surface area is 208 Å². The number of carbonyl (C=O) groups excluding carboxylic acids is 1. The number of rotatable bonds is 6. The minimum absolute atomic E-state index is 0.0958. The Hall–Kier alpha value is -3.20. The van der Waals surface area contributed by atoms with Crippen molar-refractivity contribution in [3.63, 3.8) is 0 Å². The van der Waals surface area contributed by atoms with Crippen molar-refractivity contribution < 1.29 is 4.79 Å². The summed E-state index contributed by atoms with van der Waals surface area (Å²) < 4.78 is 2.20. The number of fused-ring (bicyclic) bond motifs is 3. The third-order valence-electron chi connectivity index (χ3n) is 5.29. The number of aryl methyl sites for hydroxylation is 1. The van der Waals surface area contributed by atoms with E-state index in [0.29, 0.717) is 32.6 Å². The highest BCUT2D eigenvalue weighted by molar-refractivity contribution is 7.99. The van der Waals surface area contributed by atoms with E-state index in [1.807, 2.05) is 61.5 Å². The number of hydrogen-bond donors (Lipinski definition) is 1. The molecule has 0 fully saturated rings. The molecule has 170 valence electrons. The van der Waals surface area contributed by atoms with Crippen LogP contribution in [0, 0.1) is 6.92 Å². The molecule has 1 amide bonds. The van der Waals surface area contributed by atoms with Crippen molar-refractivity contribution in [2.45, 2.75) is 18.6 Å². The molecule has 0 radical (unpaired) electrons. The van der Waals surface area contributed by atoms with Gasteiger partial charge < -0.3 is 5.32 Å². The molecule has 3 heterocycles. The Morgan fingerprint density at radius 2 is 1.97 bits per heavy atom. The maximum absolute atomic E-state index is 13.5. The van der Waals surface area contributed by atoms with Gasteiger partial charge in [-0.3, -0.25) is 14.2 Å². The van der Waals surface area contributed by atoms with Crippen LogP contribution in [-0.4, -0.2) is 26.2 Å². The maximum atomic E-state index is 13.5. The fourth-order valence-electron chi connectivity index (χ4n) is 3.55. The summed E-state index contributed by atoms with van der Waals surface area (Å²) >= 11 is 8.74. The SMILES string of the molecule is Cc1ccc(NC(=O)CSc2nc3c(sc4ncccc43)c(=O)n2Cc2ccccc2)cc1Cl. The van der Waals surface area contributed by atoms with E-state index in [4.69, 9.17) is 16.6 Å². The monoisotopic (exact) mass is 506 g/mol. The van der Waals surface area contributed by atoms with E-state index in [1.165, 1.54) is 23.1 Å². The molecule has 0 unspecified atom stereocenters. The van der Waals surface area contributed by atoms with Crippen LogP contribution in [0.15, 0.2) is 76.8 Å². The van der Waals surface area contributed by atoms with Crippen LogP contribution in [0.1, 0.15) is 11.1 Å². The van der Waals surface area contributed by atoms with Crippen molar-refractivity contribution >= 4 is 66.7 Å². The molecule has 9 heteroatoms. The van der Waals surface area contributed by atoms with Gasteiger partial charge >= 0.3 is 0 Å². The highest BCUT2D eigenvalue weighted by atomic mass is 35.5. The fraction of sp³-hybridized carbons (Fsp3) is 0.120. The van der Waals surface area contributed by atoms with Crippen molar-refractivity contribution in [3.05, 3.63) is 93.4 Å². The lowest BCUT2D eigenvalue weighted by Gasteiger charge is -2.12. The first-order valence-electron chi connectivity index (χ1n) is 10.5. The van der Waals surface area contributed by atoms with Gasteiger partial charge in [0.25, 0.3) is 5.56 Å². The standard InChI is InChI=1S/C25H19ClN4O2S2/c1-15-9-10-17(12-19(15)26)28-20(31)14-33-25-29-21-18-8-5-11-27-23(18)34-22(21)24(32)30(25)13-16-6-3-2-4-7-16/h2-12H,13-14H2,1H3,(H,28,31). The molecule has 0 spiro atoms. The molecule has 0 saturated carbocycles. The molecule has 0 atom stereocenters. The van der Waals surface area contributed by atoms with Gasteiger partial charge in [-0.25, -0.2) is 9.97 Å². The molecule has 2 aromatic carbocycles. The number of thioether (sulfide) groups is 1. The Morgan fingerprint density at radius 3 is 2.76 bits per heavy atom. The number of amides is 1. The molecule has 0 aliphatic carbocycles. The minimum Gasteiger partial charge on any atom is -0.325 e. The molecular weight excluding hydrogens is 488 g/mol. The summed E-state index contributed by atoms with van der Waals surface area (Å²) in [6, 6.07) is 18.9. The second-order valence-electron chi connectivity index (χ2n) is 7.71. The van der Waals surface area contributed by atoms with Crippen LogP contribution >= 0.6 is 34.7 Å². The summed E-state index contributed by atoms with van der Waals surface area (Å²) in [6.07, 6.45) is 1.71. The summed E-state index contributed by atoms with van der Waals surface area (Å²) in [6.45, 7) is 2.27. The number of thiophene rings is 1. The Balaban J connectivity index is 1.49. The van der Waals surface area contributed by atoms with E-state index < -0.39 is 0 Å². The summed E-state index contributed by atoms with van der Waals surface area (Å²) in [5.74, 6) is -0.110. The summed E-state index contributed by atoms with van der Waals surface area (Å²) in [5, 5.41) is 4.78. The zero-order chi connectivity index (χ0) is 23.7. The average Bonchev–Trinajstić information content (AvgIpc) is 3.22. The van der Waals surface area contributed by atoms with Crippen LogP contribution in [0.2, 0.25) is 5.02 Å². The summed E-state index contributed by atoms with van der Waals surface area (Å²) in [4.78, 5) is 36.1. The van der Waals surface area contributed by atoms with Crippen molar-refractivity contribution in [2.75, 3.05) is 11.1 Å². The van der Waals surface area contributed by atoms with E-state index in [1.54, 1.807) is 16.8 Å². The molecule has 1 N–H and O–H groups in total. The molecule has 0 aliphatic rings. The Kier molecular flexibility index (Phi) is 6.36. The van der Waals surface area contributed by atoms with Crippen LogP contribution in [-0.2, 0) is 11.3 Å². The first-order valence-corrected chi connectivity index (χ1v) is 12.7. The van der Waals surface area contributed by atoms with Crippen LogP contribution in [0.25, 0.3) is 20.4 Å². The zero-order valence-electron chi connectivity index (χ0n) is 18.1. The first kappa shape index (κ1) is 22.6. The van der Waals surface area contributed by atoms with Crippen molar-refractivity contribution in [3.8, 4) is 0 Å². The fourth-order valence-corrected chi connectivity index (χ4v) is 5.56. The van der Waals surface area contributed by atoms with E-state index >= 15 is 0 Å². The van der Waals surface area contributed by atoms with Gasteiger partial charge in [0.15, 0.2) is 5.16 Å². The van der Waals surface area contributed by atoms with Crippen LogP contribution < -0.4 is 10.9 Å². The second-order valence-corrected chi connectivity index (χ2v) is 10.1. The van der Waals surface area contributed by atoms with Gasteiger partial charge in [-0.05, 0) is 42.3 Å². The lowest BCUT2D eigenvalue weighted by molar-refractivity contribution is -0.113. The topological polar surface area (TPSA) is 76.9 Å². The molecule has 0 bridgehead atoms. The zero-order valence-corrected chi connectivity index (χ0v) is 20.5. The predicted molar refractivity (Wildman–Crippen MR) is 140 cm³/mol. The molecule has 6 nitrogen and oxygen atoms in total. The lowest BCUT2D eigenvalue weighted by Crippen LogP contribution is -2.24. The van der Waals surface area contributed by atoms with Crippen LogP contribution in [0.4, 0.5) is 5.69 Å². The third-order valence-corrected chi connectivity index (χ3v) is 7.76. The normalized spacial score (nSPS) is 11.2. The van der Waals surface area contributed by atoms with Gasteiger partial charge in [0, 0.05) is 22.3 Å². The predicted octanol–water partition coefficient (Wildman–Crippen LogP) is 5.75. The third kappa shape index (κ3) is 4.57. The van der Waals surface area contributed by atoms with Crippen molar-refractivity contribution in [1.82, 2.24) is 14.5 Å². The summed E-state index contributed by atoms with van der Waals surface area (Å²) in [7, 11) is 0. The number of pyridine rings is 1. The van der Waals surface area contributed by atoms with Gasteiger partial charge in [-0.2, -0.15) is 0 Å². The van der Waals surface area contributed by atoms with Gasteiger partial charge in [-0.15, -0.1) is 11.3 Å². The number of nitrogens with one attached hydrogen (secondary N) is 1. The smallest absolute Gasteiger partial charge is 0.272 e. The van der Waals surface area contributed by atoms with E-state index in [9.17, 15) is 9.59 Å². The van der Waals surface area contributed by atoms with Crippen LogP contribution in [0.3, 0.4) is 0 Å². The number of anilines is 1. The molecule has 5 aromatic rings. The van der Waals surface area contributed by atoms with Gasteiger partial charge in [0.1, 0.15) is 9.53 Å². The maximum Gasteiger partial charge on any atom is 0.272 e. The summed E-state index contributed by atoms with van der Waals surface area (Å²) in [5.41, 5.74) is 3.03. The molecule has 0 saturated heterocycles. The van der Waals surface area contributed by atoms with Gasteiger partial charge in [-0.1, -0.05) is 59.8 Å². The highest BCUT2D eigenvalue weighted by Gasteiger charge is 2.18. The van der Waals surface area contributed by atoms with E-state index in [0.717, 1.165) is 21.3 Å². The molecule has 5 rings (SSSR count). The largest absolute Gasteiger partial charge is 0.325 e. The Morgan fingerprint density at radius 1 is 1.15 bits per heavy atom. The number of carbonyl (C=O) groups is 1. The lowest BCUT2D eigenvalue weighted by atomic mass is 10.2. The van der Waals surface area contributed by atoms with Crippen molar-refractivity contribution in [2.24, 2.45) is 0 Å². The number of nitrogens with zero attached hydrogens (tertiary/aromatic N) is 3. The van der Waals surface area contributed by atoms with Crippen LogP contribution in [0.5, 0.6) is 0 Å². The minimum atomic E-state index is -0.206. The molecular formula is C25H19ClN4O2S2. The molecule has 3 aromatic heterocycles. The number of hydrogen-bond acceptors (Lipinski definition) is 6. The number of aromatic nitrogens is 3. The molecule has 0 aliphatic heterocycles. The average molecular weight is 507 g/mol. The quantitative estimate of drug-likeness (QED) is 0.234. The van der Waals surface area contributed by atoms with Crippen molar-refractivity contribution in [1.29, 1.82) is 0 Å². The number of halogens is 1. The second kappa shape index (κ2) is 9.58. The van der Waals surface area contributed by atoms with Gasteiger partial charge in [0.2, 0.25) is 5.91 Å². The first-order chi connectivity index (χ1) is 16.5. The van der Waals surface area contributed by atoms with E-state index in [-0.39, 0.29) is 17.2 Å². The highest BCUT2D eigenvalue weighted by Crippen LogP contribution is 2.30. The van der Waals surface area contributed by atoms with E-state index in [2.05, 4.69) is 10.3 Å².